The van der Waals surface area contributed by atoms with Gasteiger partial charge in [-0.2, -0.15) is 0 Å². The minimum atomic E-state index is 0.377. The molecule has 0 aliphatic rings. The van der Waals surface area contributed by atoms with E-state index in [9.17, 15) is 0 Å². The molecule has 0 aliphatic carbocycles. The molecule has 0 bridgehead atoms. The van der Waals surface area contributed by atoms with Gasteiger partial charge in [-0.3, -0.25) is 4.98 Å². The van der Waals surface area contributed by atoms with Crippen molar-refractivity contribution in [2.45, 2.75) is 0 Å². The Morgan fingerprint density at radius 1 is 1.31 bits per heavy atom. The molecule has 0 aliphatic heterocycles. The molecule has 0 spiro atoms. The van der Waals surface area contributed by atoms with E-state index in [1.165, 1.54) is 0 Å². The summed E-state index contributed by atoms with van der Waals surface area (Å²) >= 11 is 5.04. The number of benzene rings is 1. The molecule has 16 heavy (non-hydrogen) atoms. The number of thiocarbonyl (C=S) groups is 1. The molecule has 3 nitrogen and oxygen atoms in total. The smallest absolute Gasteiger partial charge is 0.107 e. The number of hydrogen-bond acceptors (Lipinski definition) is 3. The molecule has 0 unspecified atom stereocenters. The average molecular weight is 231 g/mol. The van der Waals surface area contributed by atoms with Gasteiger partial charge in [0.25, 0.3) is 0 Å². The van der Waals surface area contributed by atoms with Gasteiger partial charge in [-0.05, 0) is 6.07 Å². The first-order valence-electron chi connectivity index (χ1n) is 4.96. The van der Waals surface area contributed by atoms with Gasteiger partial charge in [-0.1, -0.05) is 30.4 Å². The van der Waals surface area contributed by atoms with Crippen LogP contribution in [0.2, 0.25) is 0 Å². The van der Waals surface area contributed by atoms with E-state index in [1.807, 2.05) is 43.3 Å². The monoisotopic (exact) mass is 231 g/mol. The minimum Gasteiger partial charge on any atom is -0.389 e. The predicted molar refractivity (Wildman–Crippen MR) is 72.0 cm³/mol. The van der Waals surface area contributed by atoms with E-state index in [0.29, 0.717) is 4.99 Å². The summed E-state index contributed by atoms with van der Waals surface area (Å²) in [4.78, 5) is 6.74. The average Bonchev–Trinajstić information content (AvgIpc) is 2.27. The van der Waals surface area contributed by atoms with Crippen LogP contribution in [0.4, 0.5) is 5.69 Å². The molecule has 2 rings (SSSR count). The van der Waals surface area contributed by atoms with Gasteiger partial charge in [0.05, 0.1) is 16.8 Å². The van der Waals surface area contributed by atoms with E-state index >= 15 is 0 Å². The van der Waals surface area contributed by atoms with E-state index in [1.54, 1.807) is 6.20 Å². The van der Waals surface area contributed by atoms with Crippen LogP contribution in [-0.2, 0) is 0 Å². The first-order chi connectivity index (χ1) is 7.61. The Morgan fingerprint density at radius 3 is 2.62 bits per heavy atom. The predicted octanol–water partition coefficient (Wildman–Crippen LogP) is 1.93. The van der Waals surface area contributed by atoms with Crippen molar-refractivity contribution in [3.05, 3.63) is 36.0 Å². The lowest BCUT2D eigenvalue weighted by Gasteiger charge is -2.18. The Balaban J connectivity index is 2.84. The first kappa shape index (κ1) is 10.8. The van der Waals surface area contributed by atoms with Crippen molar-refractivity contribution in [3.8, 4) is 0 Å². The fraction of sp³-hybridized carbons (Fsp3) is 0.167. The summed E-state index contributed by atoms with van der Waals surface area (Å²) in [5, 5.41) is 1.07. The van der Waals surface area contributed by atoms with Crippen LogP contribution in [0, 0.1) is 0 Å². The normalized spacial score (nSPS) is 10.4. The maximum Gasteiger partial charge on any atom is 0.107 e. The minimum absolute atomic E-state index is 0.377. The summed E-state index contributed by atoms with van der Waals surface area (Å²) in [5.41, 5.74) is 8.50. The number of anilines is 1. The first-order valence-corrected chi connectivity index (χ1v) is 5.37. The van der Waals surface area contributed by atoms with Crippen LogP contribution < -0.4 is 10.6 Å². The van der Waals surface area contributed by atoms with Crippen LogP contribution >= 0.6 is 12.2 Å². The van der Waals surface area contributed by atoms with Crippen LogP contribution in [-0.4, -0.2) is 24.1 Å². The van der Waals surface area contributed by atoms with Crippen molar-refractivity contribution < 1.29 is 0 Å². The number of nitrogens with two attached hydrogens (primary N) is 1. The van der Waals surface area contributed by atoms with Crippen LogP contribution in [0.5, 0.6) is 0 Å². The lowest BCUT2D eigenvalue weighted by atomic mass is 10.1. The number of fused-ring (bicyclic) bond motifs is 1. The van der Waals surface area contributed by atoms with Crippen LogP contribution in [0.15, 0.2) is 30.5 Å². The summed E-state index contributed by atoms with van der Waals surface area (Å²) in [5.74, 6) is 0. The molecule has 0 saturated carbocycles. The molecular formula is C12H13N3S. The van der Waals surface area contributed by atoms with Gasteiger partial charge in [0, 0.05) is 25.7 Å². The highest BCUT2D eigenvalue weighted by Crippen LogP contribution is 2.27. The molecule has 1 aromatic heterocycles. The molecule has 2 N–H and O–H groups in total. The summed E-state index contributed by atoms with van der Waals surface area (Å²) in [6, 6.07) is 7.96. The fourth-order valence-corrected chi connectivity index (χ4v) is 1.94. The second-order valence-electron chi connectivity index (χ2n) is 3.80. The highest BCUT2D eigenvalue weighted by Gasteiger charge is 2.11. The van der Waals surface area contributed by atoms with E-state index in [0.717, 1.165) is 22.2 Å². The Morgan fingerprint density at radius 2 is 2.00 bits per heavy atom. The fourth-order valence-electron chi connectivity index (χ4n) is 1.79. The number of rotatable bonds is 2. The van der Waals surface area contributed by atoms with E-state index in [2.05, 4.69) is 4.98 Å². The molecule has 4 heteroatoms. The topological polar surface area (TPSA) is 42.1 Å². The second-order valence-corrected chi connectivity index (χ2v) is 4.24. The Labute approximate surface area is 99.9 Å². The molecule has 1 heterocycles. The van der Waals surface area contributed by atoms with Gasteiger partial charge >= 0.3 is 0 Å². The SMILES string of the molecule is CN(C)c1c(C(N)=S)cnc2ccccc12. The molecular weight excluding hydrogens is 218 g/mol. The number of para-hydroxylation sites is 1. The van der Waals surface area contributed by atoms with Gasteiger partial charge in [-0.15, -0.1) is 0 Å². The molecule has 0 atom stereocenters. The third kappa shape index (κ3) is 1.72. The molecule has 2 aromatic rings. The third-order valence-corrected chi connectivity index (χ3v) is 2.68. The lowest BCUT2D eigenvalue weighted by Crippen LogP contribution is -2.18. The van der Waals surface area contributed by atoms with Crippen molar-refractivity contribution in [2.75, 3.05) is 19.0 Å². The Hall–Kier alpha value is -1.68. The quantitative estimate of drug-likeness (QED) is 0.802. The summed E-state index contributed by atoms with van der Waals surface area (Å²) in [6.45, 7) is 0. The molecule has 82 valence electrons. The van der Waals surface area contributed by atoms with Crippen LogP contribution in [0.1, 0.15) is 5.56 Å². The maximum atomic E-state index is 5.71. The number of pyridine rings is 1. The maximum absolute atomic E-state index is 5.71. The summed E-state index contributed by atoms with van der Waals surface area (Å²) < 4.78 is 0. The van der Waals surface area contributed by atoms with Crippen LogP contribution in [0.3, 0.4) is 0 Å². The molecule has 0 fully saturated rings. The van der Waals surface area contributed by atoms with E-state index in [-0.39, 0.29) is 0 Å². The Kier molecular flexibility index (Phi) is 2.75. The summed E-state index contributed by atoms with van der Waals surface area (Å²) in [7, 11) is 3.95. The zero-order valence-electron chi connectivity index (χ0n) is 9.27. The van der Waals surface area contributed by atoms with Gasteiger partial charge in [0.2, 0.25) is 0 Å². The van der Waals surface area contributed by atoms with Crippen molar-refractivity contribution in [1.29, 1.82) is 0 Å². The zero-order valence-corrected chi connectivity index (χ0v) is 10.1. The zero-order chi connectivity index (χ0) is 11.7. The molecule has 0 amide bonds. The van der Waals surface area contributed by atoms with Gasteiger partial charge in [0.1, 0.15) is 4.99 Å². The second kappa shape index (κ2) is 4.06. The Bertz CT molecular complexity index is 549. The van der Waals surface area contributed by atoms with E-state index in [4.69, 9.17) is 18.0 Å². The highest BCUT2D eigenvalue weighted by atomic mass is 32.1. The van der Waals surface area contributed by atoms with Crippen LogP contribution in [0.25, 0.3) is 10.9 Å². The molecule has 0 radical (unpaired) electrons. The van der Waals surface area contributed by atoms with Crippen molar-refractivity contribution in [2.24, 2.45) is 5.73 Å². The number of hydrogen-bond donors (Lipinski definition) is 1. The molecule has 0 saturated heterocycles. The summed E-state index contributed by atoms with van der Waals surface area (Å²) in [6.07, 6.45) is 1.74. The van der Waals surface area contributed by atoms with Crippen molar-refractivity contribution in [1.82, 2.24) is 4.98 Å². The largest absolute Gasteiger partial charge is 0.389 e. The van der Waals surface area contributed by atoms with Gasteiger partial charge in [0.15, 0.2) is 0 Å². The highest BCUT2D eigenvalue weighted by molar-refractivity contribution is 7.80. The van der Waals surface area contributed by atoms with Gasteiger partial charge in [-0.25, -0.2) is 0 Å². The third-order valence-electron chi connectivity index (χ3n) is 2.46. The van der Waals surface area contributed by atoms with Crippen molar-refractivity contribution in [3.63, 3.8) is 0 Å². The standard InChI is InChI=1S/C12H13N3S/c1-15(2)11-8-5-3-4-6-10(8)14-7-9(11)12(13)16/h3-7H,1-2H3,(H2,13,16). The van der Waals surface area contributed by atoms with E-state index < -0.39 is 0 Å². The number of nitrogens with zero attached hydrogens (tertiary/aromatic N) is 2. The number of aromatic nitrogens is 1. The lowest BCUT2D eigenvalue weighted by molar-refractivity contribution is 1.13. The molecule has 1 aromatic carbocycles. The van der Waals surface area contributed by atoms with Crippen molar-refractivity contribution >= 4 is 33.8 Å². The van der Waals surface area contributed by atoms with Gasteiger partial charge < -0.3 is 10.6 Å².